The molecule has 0 radical (unpaired) electrons. The number of rotatable bonds is 7. The highest BCUT2D eigenvalue weighted by Crippen LogP contribution is 2.26. The van der Waals surface area contributed by atoms with E-state index in [9.17, 15) is 10.1 Å². The van der Waals surface area contributed by atoms with Crippen molar-refractivity contribution in [2.45, 2.75) is 46.6 Å². The number of pyridine rings is 1. The number of hydrogen-bond acceptors (Lipinski definition) is 5. The van der Waals surface area contributed by atoms with Gasteiger partial charge in [-0.1, -0.05) is 27.7 Å². The third kappa shape index (κ3) is 3.82. The van der Waals surface area contributed by atoms with E-state index in [-0.39, 0.29) is 11.5 Å². The SMILES string of the molecule is CCC(CC)N(CC(C)C)c1ccc([N+](=O)[O-])c(N)n1. The topological polar surface area (TPSA) is 85.3 Å². The first kappa shape index (κ1) is 16.2. The minimum Gasteiger partial charge on any atom is -0.378 e. The van der Waals surface area contributed by atoms with Gasteiger partial charge in [-0.3, -0.25) is 10.1 Å². The van der Waals surface area contributed by atoms with Crippen LogP contribution in [0.2, 0.25) is 0 Å². The molecule has 112 valence electrons. The van der Waals surface area contributed by atoms with Crippen molar-refractivity contribution in [2.75, 3.05) is 17.2 Å². The highest BCUT2D eigenvalue weighted by Gasteiger charge is 2.21. The molecule has 0 atom stereocenters. The van der Waals surface area contributed by atoms with Crippen LogP contribution in [0, 0.1) is 16.0 Å². The second kappa shape index (κ2) is 7.07. The van der Waals surface area contributed by atoms with Crippen molar-refractivity contribution in [1.82, 2.24) is 4.98 Å². The van der Waals surface area contributed by atoms with Crippen molar-refractivity contribution in [3.05, 3.63) is 22.2 Å². The van der Waals surface area contributed by atoms with Crippen LogP contribution in [-0.4, -0.2) is 22.5 Å². The molecule has 6 nitrogen and oxygen atoms in total. The van der Waals surface area contributed by atoms with Crippen LogP contribution < -0.4 is 10.6 Å². The third-order valence-corrected chi connectivity index (χ3v) is 3.32. The van der Waals surface area contributed by atoms with Gasteiger partial charge in [0.25, 0.3) is 0 Å². The first-order chi connectivity index (χ1) is 9.40. The van der Waals surface area contributed by atoms with Crippen molar-refractivity contribution in [2.24, 2.45) is 5.92 Å². The summed E-state index contributed by atoms with van der Waals surface area (Å²) in [6.45, 7) is 9.41. The van der Waals surface area contributed by atoms with Gasteiger partial charge in [-0.15, -0.1) is 0 Å². The van der Waals surface area contributed by atoms with Crippen molar-refractivity contribution in [1.29, 1.82) is 0 Å². The fourth-order valence-corrected chi connectivity index (χ4v) is 2.32. The van der Waals surface area contributed by atoms with E-state index in [1.807, 2.05) is 0 Å². The van der Waals surface area contributed by atoms with Gasteiger partial charge in [0.1, 0.15) is 5.82 Å². The summed E-state index contributed by atoms with van der Waals surface area (Å²) in [5, 5.41) is 10.8. The summed E-state index contributed by atoms with van der Waals surface area (Å²) < 4.78 is 0. The van der Waals surface area contributed by atoms with Crippen molar-refractivity contribution in [3.63, 3.8) is 0 Å². The number of nitrogen functional groups attached to an aromatic ring is 1. The van der Waals surface area contributed by atoms with Crippen molar-refractivity contribution < 1.29 is 4.92 Å². The first-order valence-corrected chi connectivity index (χ1v) is 7.08. The summed E-state index contributed by atoms with van der Waals surface area (Å²) in [4.78, 5) is 16.7. The lowest BCUT2D eigenvalue weighted by atomic mass is 10.1. The summed E-state index contributed by atoms with van der Waals surface area (Å²) in [5.74, 6) is 1.18. The number of nitrogens with two attached hydrogens (primary N) is 1. The summed E-state index contributed by atoms with van der Waals surface area (Å²) in [6.07, 6.45) is 2.00. The predicted molar refractivity (Wildman–Crippen MR) is 81.9 cm³/mol. The van der Waals surface area contributed by atoms with Gasteiger partial charge in [-0.25, -0.2) is 4.98 Å². The van der Waals surface area contributed by atoms with Gasteiger partial charge in [-0.2, -0.15) is 0 Å². The van der Waals surface area contributed by atoms with Gasteiger partial charge < -0.3 is 10.6 Å². The Morgan fingerprint density at radius 3 is 2.35 bits per heavy atom. The average Bonchev–Trinajstić information content (AvgIpc) is 2.37. The number of nitro groups is 1. The van der Waals surface area contributed by atoms with Crippen LogP contribution >= 0.6 is 0 Å². The highest BCUT2D eigenvalue weighted by atomic mass is 16.6. The van der Waals surface area contributed by atoms with E-state index in [4.69, 9.17) is 5.73 Å². The zero-order chi connectivity index (χ0) is 15.3. The summed E-state index contributed by atoms with van der Waals surface area (Å²) in [5.41, 5.74) is 5.56. The smallest absolute Gasteiger partial charge is 0.311 e. The quantitative estimate of drug-likeness (QED) is 0.612. The van der Waals surface area contributed by atoms with Crippen molar-refractivity contribution >= 4 is 17.3 Å². The molecule has 0 bridgehead atoms. The maximum absolute atomic E-state index is 10.8. The maximum atomic E-state index is 10.8. The van der Waals surface area contributed by atoms with Gasteiger partial charge in [0, 0.05) is 18.7 Å². The Balaban J connectivity index is 3.13. The Morgan fingerprint density at radius 2 is 1.95 bits per heavy atom. The van der Waals surface area contributed by atoms with E-state index in [2.05, 4.69) is 37.6 Å². The molecule has 1 aromatic rings. The molecule has 0 aromatic carbocycles. The number of anilines is 2. The molecule has 6 heteroatoms. The standard InChI is InChI=1S/C14H24N4O2/c1-5-11(6-2)17(9-10(3)4)13-8-7-12(18(19)20)14(15)16-13/h7-8,10-11H,5-6,9H2,1-4H3,(H2,15,16). The maximum Gasteiger partial charge on any atom is 0.311 e. The molecule has 0 aliphatic rings. The molecule has 0 unspecified atom stereocenters. The lowest BCUT2D eigenvalue weighted by molar-refractivity contribution is -0.384. The van der Waals surface area contributed by atoms with Gasteiger partial charge in [-0.05, 0) is 24.8 Å². The molecule has 0 saturated heterocycles. The summed E-state index contributed by atoms with van der Waals surface area (Å²) in [6, 6.07) is 3.49. The molecular formula is C14H24N4O2. The van der Waals surface area contributed by atoms with E-state index >= 15 is 0 Å². The van der Waals surface area contributed by atoms with Gasteiger partial charge >= 0.3 is 5.69 Å². The molecule has 1 rings (SSSR count). The molecule has 0 fully saturated rings. The zero-order valence-electron chi connectivity index (χ0n) is 12.7. The van der Waals surface area contributed by atoms with E-state index in [1.165, 1.54) is 6.07 Å². The van der Waals surface area contributed by atoms with Gasteiger partial charge in [0.15, 0.2) is 0 Å². The molecule has 2 N–H and O–H groups in total. The van der Waals surface area contributed by atoms with Crippen LogP contribution in [0.25, 0.3) is 0 Å². The molecule has 1 heterocycles. The molecule has 20 heavy (non-hydrogen) atoms. The molecule has 0 aliphatic heterocycles. The fraction of sp³-hybridized carbons (Fsp3) is 0.643. The highest BCUT2D eigenvalue weighted by molar-refractivity contribution is 5.58. The third-order valence-electron chi connectivity index (χ3n) is 3.32. The Morgan fingerprint density at radius 1 is 1.35 bits per heavy atom. The lowest BCUT2D eigenvalue weighted by Crippen LogP contribution is -2.38. The molecular weight excluding hydrogens is 256 g/mol. The monoisotopic (exact) mass is 280 g/mol. The van der Waals surface area contributed by atoms with Crippen LogP contribution in [0.1, 0.15) is 40.5 Å². The Labute approximate surface area is 120 Å². The Kier molecular flexibility index (Phi) is 5.73. The minimum absolute atomic E-state index is 0.0211. The number of nitrogens with zero attached hydrogens (tertiary/aromatic N) is 3. The Hall–Kier alpha value is -1.85. The first-order valence-electron chi connectivity index (χ1n) is 7.08. The normalized spacial score (nSPS) is 11.1. The summed E-state index contributed by atoms with van der Waals surface area (Å²) >= 11 is 0. The van der Waals surface area contributed by atoms with E-state index in [0.29, 0.717) is 12.0 Å². The second-order valence-corrected chi connectivity index (χ2v) is 5.35. The zero-order valence-corrected chi connectivity index (χ0v) is 12.7. The molecule has 1 aromatic heterocycles. The molecule has 0 spiro atoms. The number of hydrogen-bond donors (Lipinski definition) is 1. The minimum atomic E-state index is -0.504. The van der Waals surface area contributed by atoms with E-state index < -0.39 is 4.92 Å². The summed E-state index contributed by atoms with van der Waals surface area (Å²) in [7, 11) is 0. The fourth-order valence-electron chi connectivity index (χ4n) is 2.32. The van der Waals surface area contributed by atoms with Gasteiger partial charge in [0.05, 0.1) is 4.92 Å². The largest absolute Gasteiger partial charge is 0.378 e. The lowest BCUT2D eigenvalue weighted by Gasteiger charge is -2.33. The average molecular weight is 280 g/mol. The van der Waals surface area contributed by atoms with Gasteiger partial charge in [0.2, 0.25) is 5.82 Å². The molecule has 0 amide bonds. The van der Waals surface area contributed by atoms with Crippen LogP contribution in [0.3, 0.4) is 0 Å². The van der Waals surface area contributed by atoms with Crippen LogP contribution in [0.4, 0.5) is 17.3 Å². The van der Waals surface area contributed by atoms with Crippen LogP contribution in [-0.2, 0) is 0 Å². The Bertz CT molecular complexity index is 458. The molecule has 0 saturated carbocycles. The predicted octanol–water partition coefficient (Wildman–Crippen LogP) is 3.22. The second-order valence-electron chi connectivity index (χ2n) is 5.35. The van der Waals surface area contributed by atoms with E-state index in [0.717, 1.165) is 25.2 Å². The molecule has 0 aliphatic carbocycles. The van der Waals surface area contributed by atoms with Crippen LogP contribution in [0.15, 0.2) is 12.1 Å². The van der Waals surface area contributed by atoms with Crippen molar-refractivity contribution in [3.8, 4) is 0 Å². The number of aromatic nitrogens is 1. The van der Waals surface area contributed by atoms with E-state index in [1.54, 1.807) is 6.07 Å². The van der Waals surface area contributed by atoms with Crippen LogP contribution in [0.5, 0.6) is 0 Å².